The Labute approximate surface area is 123 Å². The molecule has 3 N–H and O–H groups in total. The normalized spacial score (nSPS) is 11.4. The third-order valence-electron chi connectivity index (χ3n) is 3.08. The number of hydrogen-bond acceptors (Lipinski definition) is 4. The first-order valence-electron chi connectivity index (χ1n) is 6.79. The van der Waals surface area contributed by atoms with Gasteiger partial charge in [0.15, 0.2) is 0 Å². The number of aliphatic hydroxyl groups is 1. The average Bonchev–Trinajstić information content (AvgIpc) is 2.94. The maximum absolute atomic E-state index is 12.0. The second-order valence-corrected chi connectivity index (χ2v) is 5.92. The summed E-state index contributed by atoms with van der Waals surface area (Å²) in [4.78, 5) is 16.0. The maximum Gasteiger partial charge on any atom is 0.270 e. The van der Waals surface area contributed by atoms with Crippen LogP contribution in [0.2, 0.25) is 0 Å². The van der Waals surface area contributed by atoms with Crippen LogP contribution in [0.15, 0.2) is 24.4 Å². The molecule has 0 aliphatic heterocycles. The van der Waals surface area contributed by atoms with Crippen molar-refractivity contribution >= 4 is 5.91 Å². The Balaban J connectivity index is 1.99. The van der Waals surface area contributed by atoms with Gasteiger partial charge >= 0.3 is 0 Å². The third kappa shape index (κ3) is 3.88. The van der Waals surface area contributed by atoms with E-state index < -0.39 is 0 Å². The van der Waals surface area contributed by atoms with Crippen LogP contribution in [0, 0.1) is 0 Å². The van der Waals surface area contributed by atoms with Crippen LogP contribution in [0.1, 0.15) is 48.2 Å². The van der Waals surface area contributed by atoms with Crippen LogP contribution in [0.3, 0.4) is 0 Å². The number of aliphatic hydroxyl groups excluding tert-OH is 1. The minimum absolute atomic E-state index is 0.0320. The first kappa shape index (κ1) is 15.2. The maximum atomic E-state index is 12.0. The Kier molecular flexibility index (Phi) is 4.37. The first-order valence-corrected chi connectivity index (χ1v) is 6.79. The minimum Gasteiger partial charge on any atom is -0.392 e. The largest absolute Gasteiger partial charge is 0.392 e. The fraction of sp³-hybridized carbons (Fsp3) is 0.400. The van der Waals surface area contributed by atoms with Crippen molar-refractivity contribution in [1.29, 1.82) is 0 Å². The quantitative estimate of drug-likeness (QED) is 0.795. The zero-order valence-electron chi connectivity index (χ0n) is 12.5. The van der Waals surface area contributed by atoms with Gasteiger partial charge in [-0.3, -0.25) is 14.9 Å². The smallest absolute Gasteiger partial charge is 0.270 e. The van der Waals surface area contributed by atoms with E-state index in [9.17, 15) is 4.79 Å². The Morgan fingerprint density at radius 3 is 2.76 bits per heavy atom. The summed E-state index contributed by atoms with van der Waals surface area (Å²) in [6, 6.07) is 5.18. The number of carbonyl (C=O) groups is 1. The molecule has 6 heteroatoms. The van der Waals surface area contributed by atoms with Gasteiger partial charge in [-0.05, 0) is 23.8 Å². The molecule has 1 amide bonds. The molecule has 0 aliphatic carbocycles. The van der Waals surface area contributed by atoms with Gasteiger partial charge in [0.2, 0.25) is 0 Å². The number of aromatic nitrogens is 3. The van der Waals surface area contributed by atoms with Crippen molar-refractivity contribution in [2.75, 3.05) is 0 Å². The summed E-state index contributed by atoms with van der Waals surface area (Å²) in [6.45, 7) is 6.48. The van der Waals surface area contributed by atoms with Gasteiger partial charge < -0.3 is 10.4 Å². The second kappa shape index (κ2) is 6.05. The van der Waals surface area contributed by atoms with E-state index in [1.54, 1.807) is 12.1 Å². The number of rotatable bonds is 4. The van der Waals surface area contributed by atoms with Crippen molar-refractivity contribution < 1.29 is 9.90 Å². The molecule has 0 aliphatic rings. The lowest BCUT2D eigenvalue weighted by molar-refractivity contribution is 0.0945. The van der Waals surface area contributed by atoms with E-state index in [1.165, 1.54) is 6.20 Å². The number of hydrogen-bond donors (Lipinski definition) is 3. The van der Waals surface area contributed by atoms with Crippen LogP contribution in [-0.4, -0.2) is 26.2 Å². The van der Waals surface area contributed by atoms with Crippen molar-refractivity contribution in [3.05, 3.63) is 47.0 Å². The predicted molar refractivity (Wildman–Crippen MR) is 78.6 cm³/mol. The molecule has 2 aromatic rings. The van der Waals surface area contributed by atoms with Crippen LogP contribution in [-0.2, 0) is 18.6 Å². The van der Waals surface area contributed by atoms with E-state index in [0.29, 0.717) is 12.1 Å². The van der Waals surface area contributed by atoms with Gasteiger partial charge in [-0.2, -0.15) is 5.10 Å². The molecular weight excluding hydrogens is 268 g/mol. The van der Waals surface area contributed by atoms with Gasteiger partial charge in [-0.15, -0.1) is 0 Å². The molecule has 2 aromatic heterocycles. The van der Waals surface area contributed by atoms with Crippen LogP contribution in [0.25, 0.3) is 0 Å². The Bertz CT molecular complexity index is 629. The molecule has 0 aromatic carbocycles. The van der Waals surface area contributed by atoms with Crippen LogP contribution >= 0.6 is 0 Å². The zero-order chi connectivity index (χ0) is 15.5. The van der Waals surface area contributed by atoms with Crippen molar-refractivity contribution in [2.45, 2.75) is 39.3 Å². The summed E-state index contributed by atoms with van der Waals surface area (Å²) in [5.74, 6) is -0.280. The molecule has 2 heterocycles. The molecular formula is C15H20N4O2. The van der Waals surface area contributed by atoms with E-state index in [2.05, 4.69) is 41.3 Å². The SMILES string of the molecule is CC(C)(C)c1cc(CNC(=O)c2cc(CO)ccn2)[nH]n1. The van der Waals surface area contributed by atoms with E-state index in [-0.39, 0.29) is 23.6 Å². The summed E-state index contributed by atoms with van der Waals surface area (Å²) in [5, 5.41) is 19.0. The highest BCUT2D eigenvalue weighted by molar-refractivity contribution is 5.92. The number of nitrogens with one attached hydrogen (secondary N) is 2. The zero-order valence-corrected chi connectivity index (χ0v) is 12.5. The summed E-state index contributed by atoms with van der Waals surface area (Å²) < 4.78 is 0. The van der Waals surface area contributed by atoms with E-state index in [1.807, 2.05) is 6.07 Å². The first-order chi connectivity index (χ1) is 9.90. The van der Waals surface area contributed by atoms with Gasteiger partial charge in [0.1, 0.15) is 5.69 Å². The molecule has 2 rings (SSSR count). The van der Waals surface area contributed by atoms with Crippen molar-refractivity contribution in [3.63, 3.8) is 0 Å². The molecule has 0 atom stereocenters. The van der Waals surface area contributed by atoms with E-state index in [0.717, 1.165) is 11.4 Å². The van der Waals surface area contributed by atoms with Gasteiger partial charge in [0.25, 0.3) is 5.91 Å². The Hall–Kier alpha value is -2.21. The predicted octanol–water partition coefficient (Wildman–Crippen LogP) is 1.52. The van der Waals surface area contributed by atoms with Gasteiger partial charge in [0.05, 0.1) is 24.5 Å². The number of nitrogens with zero attached hydrogens (tertiary/aromatic N) is 2. The summed E-state index contributed by atoms with van der Waals surface area (Å²) in [5.41, 5.74) is 2.71. The molecule has 0 unspecified atom stereocenters. The molecule has 0 fully saturated rings. The topological polar surface area (TPSA) is 90.9 Å². The van der Waals surface area contributed by atoms with Crippen LogP contribution in [0.5, 0.6) is 0 Å². The van der Waals surface area contributed by atoms with Gasteiger partial charge in [0, 0.05) is 11.6 Å². The number of carbonyl (C=O) groups excluding carboxylic acids is 1. The third-order valence-corrected chi connectivity index (χ3v) is 3.08. The molecule has 0 bridgehead atoms. The monoisotopic (exact) mass is 288 g/mol. The fourth-order valence-corrected chi connectivity index (χ4v) is 1.80. The lowest BCUT2D eigenvalue weighted by Crippen LogP contribution is -2.24. The summed E-state index contributed by atoms with van der Waals surface area (Å²) in [6.07, 6.45) is 1.51. The molecule has 6 nitrogen and oxygen atoms in total. The van der Waals surface area contributed by atoms with Gasteiger partial charge in [-0.25, -0.2) is 0 Å². The Morgan fingerprint density at radius 2 is 2.14 bits per heavy atom. The molecule has 0 saturated carbocycles. The number of amides is 1. The van der Waals surface area contributed by atoms with E-state index in [4.69, 9.17) is 5.11 Å². The molecule has 21 heavy (non-hydrogen) atoms. The fourth-order valence-electron chi connectivity index (χ4n) is 1.80. The number of aromatic amines is 1. The average molecular weight is 288 g/mol. The number of pyridine rings is 1. The number of H-pyrrole nitrogens is 1. The highest BCUT2D eigenvalue weighted by Crippen LogP contribution is 2.20. The summed E-state index contributed by atoms with van der Waals surface area (Å²) >= 11 is 0. The molecule has 0 saturated heterocycles. The van der Waals surface area contributed by atoms with Gasteiger partial charge in [-0.1, -0.05) is 20.8 Å². The lowest BCUT2D eigenvalue weighted by Gasteiger charge is -2.13. The van der Waals surface area contributed by atoms with Crippen LogP contribution < -0.4 is 5.32 Å². The van der Waals surface area contributed by atoms with E-state index >= 15 is 0 Å². The van der Waals surface area contributed by atoms with Crippen molar-refractivity contribution in [2.24, 2.45) is 0 Å². The Morgan fingerprint density at radius 1 is 1.38 bits per heavy atom. The standard InChI is InChI=1S/C15H20N4O2/c1-15(2,3)13-7-11(18-19-13)8-17-14(21)12-6-10(9-20)4-5-16-12/h4-7,20H,8-9H2,1-3H3,(H,17,21)(H,18,19). The summed E-state index contributed by atoms with van der Waals surface area (Å²) in [7, 11) is 0. The minimum atomic E-state index is -0.280. The van der Waals surface area contributed by atoms with Crippen LogP contribution in [0.4, 0.5) is 0 Å². The lowest BCUT2D eigenvalue weighted by atomic mass is 9.92. The molecule has 112 valence electrons. The molecule has 0 radical (unpaired) electrons. The highest BCUT2D eigenvalue weighted by atomic mass is 16.3. The second-order valence-electron chi connectivity index (χ2n) is 5.92. The van der Waals surface area contributed by atoms with Crippen molar-refractivity contribution in [1.82, 2.24) is 20.5 Å². The molecule has 0 spiro atoms. The van der Waals surface area contributed by atoms with Crippen molar-refractivity contribution in [3.8, 4) is 0 Å². The highest BCUT2D eigenvalue weighted by Gasteiger charge is 2.17.